The number of Topliss-reactive ketones (excluding diaryl/α,β-unsaturated/α-hetero) is 1. The van der Waals surface area contributed by atoms with E-state index in [-0.39, 0.29) is 11.3 Å². The summed E-state index contributed by atoms with van der Waals surface area (Å²) in [6, 6.07) is 13.6. The first kappa shape index (κ1) is 20.4. The van der Waals surface area contributed by atoms with Crippen LogP contribution in [0.1, 0.15) is 41.9 Å². The van der Waals surface area contributed by atoms with Gasteiger partial charge in [0.2, 0.25) is 5.78 Å². The second-order valence-electron chi connectivity index (χ2n) is 7.93. The van der Waals surface area contributed by atoms with Crippen molar-refractivity contribution in [2.24, 2.45) is 0 Å². The number of nitrogens with zero attached hydrogens (tertiary/aromatic N) is 1. The standard InChI is InChI=1S/C25H21ClN2O4/c1-2-3-10-28-22(17-13-27-18-7-5-4-6-16(17)18)21(24(30)25(28)31)23(29)20-12-14-11-15(26)8-9-19(14)32-20/h4-9,11-13,22,27,30H,2-3,10H2,1H3. The number of ketones is 1. The van der Waals surface area contributed by atoms with Crippen LogP contribution in [0.2, 0.25) is 5.02 Å². The molecule has 6 nitrogen and oxygen atoms in total. The number of para-hydroxylation sites is 1. The number of hydrogen-bond donors (Lipinski definition) is 2. The van der Waals surface area contributed by atoms with E-state index in [0.29, 0.717) is 22.5 Å². The van der Waals surface area contributed by atoms with Gasteiger partial charge in [-0.2, -0.15) is 0 Å². The van der Waals surface area contributed by atoms with Crippen LogP contribution in [-0.2, 0) is 4.79 Å². The zero-order chi connectivity index (χ0) is 22.4. The van der Waals surface area contributed by atoms with E-state index in [1.807, 2.05) is 31.2 Å². The third-order valence-electron chi connectivity index (χ3n) is 5.92. The van der Waals surface area contributed by atoms with Gasteiger partial charge >= 0.3 is 0 Å². The lowest BCUT2D eigenvalue weighted by Crippen LogP contribution is -2.32. The Morgan fingerprint density at radius 2 is 2.03 bits per heavy atom. The molecule has 1 unspecified atom stereocenters. The quantitative estimate of drug-likeness (QED) is 0.357. The van der Waals surface area contributed by atoms with E-state index in [9.17, 15) is 14.7 Å². The molecule has 2 aromatic carbocycles. The summed E-state index contributed by atoms with van der Waals surface area (Å²) in [5, 5.41) is 12.9. The summed E-state index contributed by atoms with van der Waals surface area (Å²) in [4.78, 5) is 31.4. The summed E-state index contributed by atoms with van der Waals surface area (Å²) in [5.41, 5.74) is 2.19. The van der Waals surface area contributed by atoms with Crippen molar-refractivity contribution in [3.63, 3.8) is 0 Å². The van der Waals surface area contributed by atoms with E-state index in [2.05, 4.69) is 4.98 Å². The zero-order valence-electron chi connectivity index (χ0n) is 17.4. The van der Waals surface area contributed by atoms with E-state index < -0.39 is 23.5 Å². The maximum absolute atomic E-state index is 13.6. The zero-order valence-corrected chi connectivity index (χ0v) is 18.1. The molecule has 0 saturated carbocycles. The lowest BCUT2D eigenvalue weighted by molar-refractivity contribution is -0.129. The maximum Gasteiger partial charge on any atom is 0.290 e. The average Bonchev–Trinajstić information content (AvgIpc) is 3.47. The number of nitrogens with one attached hydrogen (secondary N) is 1. The highest BCUT2D eigenvalue weighted by atomic mass is 35.5. The number of fused-ring (bicyclic) bond motifs is 2. The third-order valence-corrected chi connectivity index (χ3v) is 6.15. The van der Waals surface area contributed by atoms with E-state index in [4.69, 9.17) is 16.0 Å². The summed E-state index contributed by atoms with van der Waals surface area (Å²) in [6.45, 7) is 2.45. The van der Waals surface area contributed by atoms with Gasteiger partial charge in [0.25, 0.3) is 5.91 Å². The molecule has 1 aliphatic heterocycles. The van der Waals surface area contributed by atoms with Crippen LogP contribution in [0.4, 0.5) is 0 Å². The molecule has 0 radical (unpaired) electrons. The summed E-state index contributed by atoms with van der Waals surface area (Å²) in [5.74, 6) is -1.53. The number of rotatable bonds is 6. The SMILES string of the molecule is CCCCN1C(=O)C(O)=C(C(=O)c2cc3cc(Cl)ccc3o2)C1c1c[nH]c2ccccc12. The first-order chi connectivity index (χ1) is 15.5. The monoisotopic (exact) mass is 448 g/mol. The second-order valence-corrected chi connectivity index (χ2v) is 8.36. The number of aliphatic hydroxyl groups is 1. The molecule has 1 amide bonds. The lowest BCUT2D eigenvalue weighted by atomic mass is 9.94. The number of carbonyl (C=O) groups excluding carboxylic acids is 2. The summed E-state index contributed by atoms with van der Waals surface area (Å²) < 4.78 is 5.76. The fourth-order valence-corrected chi connectivity index (χ4v) is 4.53. The Kier molecular flexibility index (Phi) is 5.02. The van der Waals surface area contributed by atoms with Crippen LogP contribution in [0.3, 0.4) is 0 Å². The van der Waals surface area contributed by atoms with Gasteiger partial charge < -0.3 is 19.4 Å². The number of benzene rings is 2. The Morgan fingerprint density at radius 1 is 1.22 bits per heavy atom. The van der Waals surface area contributed by atoms with Crippen LogP contribution < -0.4 is 0 Å². The van der Waals surface area contributed by atoms with Crippen molar-refractivity contribution in [3.05, 3.63) is 82.4 Å². The van der Waals surface area contributed by atoms with E-state index in [0.717, 1.165) is 29.3 Å². The third kappa shape index (κ3) is 3.19. The van der Waals surface area contributed by atoms with E-state index in [1.165, 1.54) is 0 Å². The molecule has 0 fully saturated rings. The van der Waals surface area contributed by atoms with E-state index in [1.54, 1.807) is 35.4 Å². The molecule has 2 aromatic heterocycles. The number of aromatic amines is 1. The molecule has 5 rings (SSSR count). The number of unbranched alkanes of at least 4 members (excludes halogenated alkanes) is 1. The Morgan fingerprint density at radius 3 is 2.84 bits per heavy atom. The minimum Gasteiger partial charge on any atom is -0.503 e. The van der Waals surface area contributed by atoms with Crippen molar-refractivity contribution in [1.82, 2.24) is 9.88 Å². The van der Waals surface area contributed by atoms with E-state index >= 15 is 0 Å². The highest BCUT2D eigenvalue weighted by molar-refractivity contribution is 6.31. The first-order valence-corrected chi connectivity index (χ1v) is 10.9. The fraction of sp³-hybridized carbons (Fsp3) is 0.200. The van der Waals surface area contributed by atoms with Crippen molar-refractivity contribution >= 4 is 45.2 Å². The summed E-state index contributed by atoms with van der Waals surface area (Å²) in [7, 11) is 0. The average molecular weight is 449 g/mol. The second kappa shape index (κ2) is 7.88. The number of aliphatic hydroxyl groups excluding tert-OH is 1. The lowest BCUT2D eigenvalue weighted by Gasteiger charge is -2.26. The molecule has 0 aliphatic carbocycles. The van der Waals surface area contributed by atoms with Crippen LogP contribution in [0.25, 0.3) is 21.9 Å². The number of H-pyrrole nitrogens is 1. The van der Waals surface area contributed by atoms with Gasteiger partial charge in [-0.05, 0) is 36.8 Å². The summed E-state index contributed by atoms with van der Waals surface area (Å²) >= 11 is 6.06. The van der Waals surface area contributed by atoms with Crippen molar-refractivity contribution in [2.75, 3.05) is 6.54 Å². The molecular weight excluding hydrogens is 428 g/mol. The molecule has 0 bridgehead atoms. The Balaban J connectivity index is 1.64. The molecule has 3 heterocycles. The van der Waals surface area contributed by atoms with Gasteiger partial charge in [0, 0.05) is 39.6 Å². The molecule has 2 N–H and O–H groups in total. The van der Waals surface area contributed by atoms with Crippen LogP contribution >= 0.6 is 11.6 Å². The van der Waals surface area contributed by atoms with Crippen molar-refractivity contribution < 1.29 is 19.1 Å². The summed E-state index contributed by atoms with van der Waals surface area (Å²) in [6.07, 6.45) is 3.42. The molecule has 4 aromatic rings. The molecular formula is C25H21ClN2O4. The number of halogens is 1. The number of aromatic nitrogens is 1. The van der Waals surface area contributed by atoms with Crippen molar-refractivity contribution in [2.45, 2.75) is 25.8 Å². The topological polar surface area (TPSA) is 86.5 Å². The van der Waals surface area contributed by atoms with Gasteiger partial charge in [0.15, 0.2) is 11.5 Å². The Labute approximate surface area is 189 Å². The van der Waals surface area contributed by atoms with Gasteiger partial charge in [0.05, 0.1) is 11.6 Å². The van der Waals surface area contributed by atoms with Crippen LogP contribution in [0.5, 0.6) is 0 Å². The van der Waals surface area contributed by atoms with Crippen LogP contribution in [0, 0.1) is 0 Å². The molecule has 1 atom stereocenters. The highest BCUT2D eigenvalue weighted by Gasteiger charge is 2.45. The molecule has 162 valence electrons. The maximum atomic E-state index is 13.6. The van der Waals surface area contributed by atoms with Gasteiger partial charge in [0.1, 0.15) is 5.58 Å². The molecule has 0 spiro atoms. The normalized spacial score (nSPS) is 16.6. The fourth-order valence-electron chi connectivity index (χ4n) is 4.35. The highest BCUT2D eigenvalue weighted by Crippen LogP contribution is 2.42. The largest absolute Gasteiger partial charge is 0.503 e. The molecule has 1 aliphatic rings. The van der Waals surface area contributed by atoms with Gasteiger partial charge in [-0.3, -0.25) is 9.59 Å². The minimum absolute atomic E-state index is 0.0287. The number of furan rings is 1. The predicted octanol–water partition coefficient (Wildman–Crippen LogP) is 5.95. The predicted molar refractivity (Wildman–Crippen MR) is 123 cm³/mol. The Hall–Kier alpha value is -3.51. The first-order valence-electron chi connectivity index (χ1n) is 10.5. The van der Waals surface area contributed by atoms with Crippen molar-refractivity contribution in [1.29, 1.82) is 0 Å². The van der Waals surface area contributed by atoms with Crippen LogP contribution in [0.15, 0.2) is 70.5 Å². The number of carbonyl (C=O) groups is 2. The van der Waals surface area contributed by atoms with Gasteiger partial charge in [-0.1, -0.05) is 43.1 Å². The number of amides is 1. The smallest absolute Gasteiger partial charge is 0.290 e. The van der Waals surface area contributed by atoms with Gasteiger partial charge in [-0.25, -0.2) is 0 Å². The minimum atomic E-state index is -0.713. The molecule has 32 heavy (non-hydrogen) atoms. The Bertz CT molecular complexity index is 1400. The van der Waals surface area contributed by atoms with Crippen LogP contribution in [-0.4, -0.2) is 33.2 Å². The molecule has 7 heteroatoms. The molecule has 0 saturated heterocycles. The van der Waals surface area contributed by atoms with Gasteiger partial charge in [-0.15, -0.1) is 0 Å². The number of hydrogen-bond acceptors (Lipinski definition) is 4. The van der Waals surface area contributed by atoms with Crippen molar-refractivity contribution in [3.8, 4) is 0 Å².